The molecule has 194 valence electrons. The molecule has 1 aromatic carbocycles. The summed E-state index contributed by atoms with van der Waals surface area (Å²) in [4.78, 5) is 7.49. The molecule has 0 unspecified atom stereocenters. The van der Waals surface area contributed by atoms with Gasteiger partial charge in [0.2, 0.25) is 5.95 Å². The minimum atomic E-state index is -4.52. The van der Waals surface area contributed by atoms with E-state index in [4.69, 9.17) is 0 Å². The van der Waals surface area contributed by atoms with Crippen molar-refractivity contribution >= 4 is 16.6 Å². The highest BCUT2D eigenvalue weighted by Crippen LogP contribution is 2.42. The SMILES string of the molecule is C[C@@H]1Cc2c(ccc3n[nH]c(F)c23)[C@@H](c2ncc(NC3CN(CCCF)C3)cc2F)N1CC(F)(F)F. The van der Waals surface area contributed by atoms with E-state index in [0.29, 0.717) is 48.4 Å². The van der Waals surface area contributed by atoms with E-state index in [0.717, 1.165) is 0 Å². The molecule has 1 fully saturated rings. The average Bonchev–Trinajstić information content (AvgIpc) is 3.17. The van der Waals surface area contributed by atoms with Crippen molar-refractivity contribution < 1.29 is 26.3 Å². The first kappa shape index (κ1) is 24.8. The van der Waals surface area contributed by atoms with Crippen molar-refractivity contribution in [3.63, 3.8) is 0 Å². The van der Waals surface area contributed by atoms with E-state index < -0.39 is 36.6 Å². The topological polar surface area (TPSA) is 60.1 Å². The van der Waals surface area contributed by atoms with Crippen molar-refractivity contribution in [2.45, 2.75) is 44.1 Å². The van der Waals surface area contributed by atoms with E-state index in [9.17, 15) is 22.0 Å². The van der Waals surface area contributed by atoms with Crippen LogP contribution in [0.1, 0.15) is 36.2 Å². The van der Waals surface area contributed by atoms with Gasteiger partial charge in [0.05, 0.1) is 53.8 Å². The van der Waals surface area contributed by atoms with Gasteiger partial charge in [-0.25, -0.2) is 4.39 Å². The third-order valence-corrected chi connectivity index (χ3v) is 6.94. The highest BCUT2D eigenvalue weighted by molar-refractivity contribution is 5.84. The molecule has 2 N–H and O–H groups in total. The largest absolute Gasteiger partial charge is 0.401 e. The van der Waals surface area contributed by atoms with Crippen LogP contribution >= 0.6 is 0 Å². The number of H-pyrrole nitrogens is 1. The minimum absolute atomic E-state index is 0.0474. The number of alkyl halides is 4. The second-order valence-electron chi connectivity index (χ2n) is 9.54. The molecule has 3 aromatic rings. The zero-order valence-electron chi connectivity index (χ0n) is 19.5. The Bertz CT molecular complexity index is 1240. The van der Waals surface area contributed by atoms with Crippen molar-refractivity contribution in [2.75, 3.05) is 38.2 Å². The molecular weight excluding hydrogens is 486 g/mol. The Balaban J connectivity index is 1.47. The summed E-state index contributed by atoms with van der Waals surface area (Å²) in [6, 6.07) is 2.55. The van der Waals surface area contributed by atoms with E-state index >= 15 is 4.39 Å². The first-order valence-electron chi connectivity index (χ1n) is 11.8. The lowest BCUT2D eigenvalue weighted by Crippen LogP contribution is -2.54. The Morgan fingerprint density at radius 1 is 1.19 bits per heavy atom. The van der Waals surface area contributed by atoms with Crippen LogP contribution in [-0.2, 0) is 6.42 Å². The van der Waals surface area contributed by atoms with Gasteiger partial charge in [0.15, 0.2) is 0 Å². The van der Waals surface area contributed by atoms with Crippen molar-refractivity contribution in [1.82, 2.24) is 25.0 Å². The molecule has 0 spiro atoms. The molecule has 4 heterocycles. The van der Waals surface area contributed by atoms with Crippen LogP contribution in [0, 0.1) is 11.8 Å². The number of likely N-dealkylation sites (tertiary alicyclic amines) is 1. The summed E-state index contributed by atoms with van der Waals surface area (Å²) in [6.45, 7) is 1.99. The summed E-state index contributed by atoms with van der Waals surface area (Å²) < 4.78 is 82.9. The van der Waals surface area contributed by atoms with Gasteiger partial charge in [-0.3, -0.25) is 24.3 Å². The van der Waals surface area contributed by atoms with Crippen molar-refractivity contribution in [3.8, 4) is 0 Å². The fraction of sp³-hybridized carbons (Fsp3) is 0.500. The summed E-state index contributed by atoms with van der Waals surface area (Å²) in [7, 11) is 0. The molecule has 0 saturated carbocycles. The fourth-order valence-corrected chi connectivity index (χ4v) is 5.33. The van der Waals surface area contributed by atoms with Gasteiger partial charge in [-0.05, 0) is 37.0 Å². The van der Waals surface area contributed by atoms with Crippen LogP contribution < -0.4 is 5.32 Å². The Kier molecular flexibility index (Phi) is 6.58. The Labute approximate surface area is 203 Å². The van der Waals surface area contributed by atoms with E-state index in [1.165, 1.54) is 23.2 Å². The van der Waals surface area contributed by atoms with Crippen LogP contribution in [0.5, 0.6) is 0 Å². The van der Waals surface area contributed by atoms with Gasteiger partial charge in [-0.1, -0.05) is 6.07 Å². The molecule has 0 amide bonds. The Morgan fingerprint density at radius 2 is 1.97 bits per heavy atom. The van der Waals surface area contributed by atoms with Gasteiger partial charge in [0, 0.05) is 31.7 Å². The molecule has 2 atom stereocenters. The highest BCUT2D eigenvalue weighted by Gasteiger charge is 2.43. The number of halogens is 6. The zero-order valence-corrected chi connectivity index (χ0v) is 19.5. The lowest BCUT2D eigenvalue weighted by molar-refractivity contribution is -0.155. The van der Waals surface area contributed by atoms with E-state index in [1.807, 2.05) is 0 Å². The van der Waals surface area contributed by atoms with Crippen molar-refractivity contribution in [1.29, 1.82) is 0 Å². The molecule has 1 saturated heterocycles. The number of hydrogen-bond donors (Lipinski definition) is 2. The lowest BCUT2D eigenvalue weighted by atomic mass is 9.84. The molecule has 36 heavy (non-hydrogen) atoms. The van der Waals surface area contributed by atoms with Gasteiger partial charge in [0.1, 0.15) is 5.82 Å². The van der Waals surface area contributed by atoms with Gasteiger partial charge >= 0.3 is 6.18 Å². The van der Waals surface area contributed by atoms with E-state index in [-0.39, 0.29) is 30.2 Å². The Hall–Kier alpha value is -2.86. The highest BCUT2D eigenvalue weighted by atomic mass is 19.4. The average molecular weight is 513 g/mol. The summed E-state index contributed by atoms with van der Waals surface area (Å²) in [5.74, 6) is -1.43. The summed E-state index contributed by atoms with van der Waals surface area (Å²) in [6.07, 6.45) is -2.50. The van der Waals surface area contributed by atoms with Crippen LogP contribution in [0.2, 0.25) is 0 Å². The number of nitrogens with one attached hydrogen (secondary N) is 2. The lowest BCUT2D eigenvalue weighted by Gasteiger charge is -2.42. The number of fused-ring (bicyclic) bond motifs is 3. The molecule has 6 nitrogen and oxygen atoms in total. The number of nitrogens with zero attached hydrogens (tertiary/aromatic N) is 4. The first-order chi connectivity index (χ1) is 17.1. The third kappa shape index (κ3) is 4.75. The molecule has 2 aliphatic heterocycles. The first-order valence-corrected chi connectivity index (χ1v) is 11.8. The molecule has 2 aromatic heterocycles. The van der Waals surface area contributed by atoms with Crippen LogP contribution in [-0.4, -0.2) is 76.1 Å². The molecule has 0 bridgehead atoms. The normalized spacial score (nSPS) is 21.5. The van der Waals surface area contributed by atoms with Crippen molar-refractivity contribution in [3.05, 3.63) is 53.0 Å². The number of aromatic nitrogens is 3. The van der Waals surface area contributed by atoms with Crippen molar-refractivity contribution in [2.24, 2.45) is 0 Å². The molecule has 0 aliphatic carbocycles. The maximum absolute atomic E-state index is 15.5. The number of anilines is 1. The van der Waals surface area contributed by atoms with Crippen LogP contribution in [0.4, 0.5) is 32.0 Å². The Morgan fingerprint density at radius 3 is 2.67 bits per heavy atom. The molecule has 12 heteroatoms. The monoisotopic (exact) mass is 512 g/mol. The van der Waals surface area contributed by atoms with Crippen LogP contribution in [0.15, 0.2) is 24.4 Å². The molecular formula is C24H26F6N6. The summed E-state index contributed by atoms with van der Waals surface area (Å²) in [5, 5.41) is 9.56. The van der Waals surface area contributed by atoms with Gasteiger partial charge in [-0.15, -0.1) is 0 Å². The van der Waals surface area contributed by atoms with Crippen LogP contribution in [0.25, 0.3) is 10.9 Å². The number of benzene rings is 1. The predicted octanol–water partition coefficient (Wildman–Crippen LogP) is 4.59. The standard InChI is InChI=1S/C24H26F6N6/c1-13-7-17-16(3-4-19-20(17)23(27)34-33-19)22(36(13)12-24(28,29)30)21-18(26)8-14(9-31-21)32-15-10-35(11-15)6-2-5-25/h3-4,8-9,13,15,22,32H,2,5-7,10-12H2,1H3,(H,33,34)/t13-,22+/m1/s1. The number of rotatable bonds is 7. The number of pyridine rings is 1. The number of hydrogen-bond acceptors (Lipinski definition) is 5. The molecule has 5 rings (SSSR count). The van der Waals surface area contributed by atoms with Crippen LogP contribution in [0.3, 0.4) is 0 Å². The fourth-order valence-electron chi connectivity index (χ4n) is 5.33. The van der Waals surface area contributed by atoms with Gasteiger partial charge in [-0.2, -0.15) is 22.7 Å². The van der Waals surface area contributed by atoms with E-state index in [2.05, 4.69) is 25.4 Å². The maximum Gasteiger partial charge on any atom is 0.401 e. The van der Waals surface area contributed by atoms with E-state index in [1.54, 1.807) is 13.0 Å². The van der Waals surface area contributed by atoms with Gasteiger partial charge in [0.25, 0.3) is 0 Å². The second kappa shape index (κ2) is 9.55. The maximum atomic E-state index is 15.5. The summed E-state index contributed by atoms with van der Waals surface area (Å²) >= 11 is 0. The quantitative estimate of drug-likeness (QED) is 0.454. The summed E-state index contributed by atoms with van der Waals surface area (Å²) in [5.41, 5.74) is 1.49. The molecule has 2 aliphatic rings. The zero-order chi connectivity index (χ0) is 25.6. The smallest absolute Gasteiger partial charge is 0.378 e. The third-order valence-electron chi connectivity index (χ3n) is 6.94. The second-order valence-corrected chi connectivity index (χ2v) is 9.54. The number of aromatic amines is 1. The molecule has 0 radical (unpaired) electrons. The predicted molar refractivity (Wildman–Crippen MR) is 122 cm³/mol. The minimum Gasteiger partial charge on any atom is -0.378 e. The van der Waals surface area contributed by atoms with Gasteiger partial charge < -0.3 is 5.32 Å².